The lowest BCUT2D eigenvalue weighted by molar-refractivity contribution is -0.120. The third kappa shape index (κ3) is 4.24. The highest BCUT2D eigenvalue weighted by Crippen LogP contribution is 2.29. The molecular weight excluding hydrogens is 446 g/mol. The van der Waals surface area contributed by atoms with Gasteiger partial charge in [-0.05, 0) is 63.4 Å². The van der Waals surface area contributed by atoms with E-state index in [1.165, 1.54) is 4.31 Å². The Hall–Kier alpha value is -2.49. The van der Waals surface area contributed by atoms with Crippen LogP contribution in [0.3, 0.4) is 0 Å². The summed E-state index contributed by atoms with van der Waals surface area (Å²) in [6.45, 7) is 6.37. The summed E-state index contributed by atoms with van der Waals surface area (Å²) in [5, 5.41) is 2.96. The van der Waals surface area contributed by atoms with Crippen LogP contribution in [0.25, 0.3) is 10.2 Å². The lowest BCUT2D eigenvalue weighted by Crippen LogP contribution is -2.41. The van der Waals surface area contributed by atoms with Gasteiger partial charge in [-0.1, -0.05) is 29.5 Å². The monoisotopic (exact) mass is 473 g/mol. The average molecular weight is 474 g/mol. The van der Waals surface area contributed by atoms with Gasteiger partial charge < -0.3 is 5.32 Å². The van der Waals surface area contributed by atoms with Crippen LogP contribution in [0.5, 0.6) is 0 Å². The number of hydrogen-bond donors (Lipinski definition) is 1. The maximum Gasteiger partial charge on any atom is 0.308 e. The van der Waals surface area contributed by atoms with Crippen molar-refractivity contribution < 1.29 is 13.2 Å². The molecule has 170 valence electrons. The Balaban J connectivity index is 1.47. The molecule has 1 aromatic heterocycles. The summed E-state index contributed by atoms with van der Waals surface area (Å²) in [4.78, 5) is 25.0. The van der Waals surface area contributed by atoms with E-state index < -0.39 is 10.0 Å². The first-order chi connectivity index (χ1) is 15.2. The molecule has 0 spiro atoms. The second-order valence-electron chi connectivity index (χ2n) is 8.44. The molecule has 0 unspecified atom stereocenters. The summed E-state index contributed by atoms with van der Waals surface area (Å²) in [7, 11) is -3.70. The minimum absolute atomic E-state index is 0.00329. The van der Waals surface area contributed by atoms with E-state index in [0.717, 1.165) is 28.1 Å². The molecular formula is C23H27N3O4S2. The number of sulfonamides is 1. The predicted molar refractivity (Wildman–Crippen MR) is 128 cm³/mol. The molecule has 1 saturated heterocycles. The number of thiazole rings is 1. The van der Waals surface area contributed by atoms with Crippen LogP contribution in [0, 0.1) is 12.8 Å². The fraction of sp³-hybridized carbons (Fsp3) is 0.391. The summed E-state index contributed by atoms with van der Waals surface area (Å²) in [5.41, 5.74) is 2.53. The van der Waals surface area contributed by atoms with E-state index in [2.05, 4.69) is 5.32 Å². The molecule has 0 bridgehead atoms. The number of anilines is 1. The lowest BCUT2D eigenvalue weighted by Gasteiger charge is -2.30. The van der Waals surface area contributed by atoms with Gasteiger partial charge in [-0.15, -0.1) is 0 Å². The molecule has 1 N–H and O–H groups in total. The molecule has 3 aromatic rings. The van der Waals surface area contributed by atoms with Gasteiger partial charge in [0.2, 0.25) is 15.9 Å². The third-order valence-electron chi connectivity index (χ3n) is 5.97. The molecule has 1 fully saturated rings. The largest absolute Gasteiger partial charge is 0.326 e. The Morgan fingerprint density at radius 2 is 1.81 bits per heavy atom. The van der Waals surface area contributed by atoms with Crippen molar-refractivity contribution in [1.29, 1.82) is 0 Å². The first kappa shape index (κ1) is 22.7. The number of amides is 1. The average Bonchev–Trinajstić information content (AvgIpc) is 3.10. The first-order valence-corrected chi connectivity index (χ1v) is 13.0. The summed E-state index contributed by atoms with van der Waals surface area (Å²) in [6, 6.07) is 12.5. The molecule has 1 aliphatic heterocycles. The molecule has 32 heavy (non-hydrogen) atoms. The lowest BCUT2D eigenvalue weighted by atomic mass is 9.97. The van der Waals surface area contributed by atoms with Crippen molar-refractivity contribution in [3.63, 3.8) is 0 Å². The Morgan fingerprint density at radius 1 is 1.12 bits per heavy atom. The van der Waals surface area contributed by atoms with Crippen LogP contribution in [-0.2, 0) is 14.8 Å². The van der Waals surface area contributed by atoms with E-state index in [1.54, 1.807) is 22.8 Å². The topological polar surface area (TPSA) is 88.5 Å². The van der Waals surface area contributed by atoms with Crippen molar-refractivity contribution >= 4 is 43.2 Å². The summed E-state index contributed by atoms with van der Waals surface area (Å²) >= 11 is 1.06. The van der Waals surface area contributed by atoms with Crippen molar-refractivity contribution in [1.82, 2.24) is 8.87 Å². The number of piperidine rings is 1. The maximum absolute atomic E-state index is 13.2. The number of hydrogen-bond acceptors (Lipinski definition) is 5. The highest BCUT2D eigenvalue weighted by Gasteiger charge is 2.32. The number of para-hydroxylation sites is 1. The Kier molecular flexibility index (Phi) is 6.24. The fourth-order valence-corrected chi connectivity index (χ4v) is 6.75. The van der Waals surface area contributed by atoms with Crippen LogP contribution in [0.2, 0.25) is 0 Å². The number of nitrogens with zero attached hydrogens (tertiary/aromatic N) is 2. The molecule has 0 radical (unpaired) electrons. The minimum atomic E-state index is -3.70. The van der Waals surface area contributed by atoms with Crippen molar-refractivity contribution in [2.45, 2.75) is 44.6 Å². The van der Waals surface area contributed by atoms with Gasteiger partial charge in [0.05, 0.1) is 15.1 Å². The number of aryl methyl sites for hydroxylation is 1. The Morgan fingerprint density at radius 3 is 2.47 bits per heavy atom. The zero-order valence-electron chi connectivity index (χ0n) is 18.4. The van der Waals surface area contributed by atoms with Crippen LogP contribution >= 0.6 is 11.3 Å². The SMILES string of the molecule is Cc1ccccc1NC(=O)C1CCN(S(=O)(=O)c2ccc3c(c2)sc(=O)n3C(C)C)CC1. The molecule has 9 heteroatoms. The summed E-state index contributed by atoms with van der Waals surface area (Å²) < 4.78 is 30.2. The van der Waals surface area contributed by atoms with E-state index >= 15 is 0 Å². The first-order valence-electron chi connectivity index (χ1n) is 10.7. The molecule has 7 nitrogen and oxygen atoms in total. The molecule has 0 aliphatic carbocycles. The summed E-state index contributed by atoms with van der Waals surface area (Å²) in [6.07, 6.45) is 0.937. The number of rotatable bonds is 5. The normalized spacial score (nSPS) is 16.0. The van der Waals surface area contributed by atoms with Crippen LogP contribution in [0.4, 0.5) is 5.69 Å². The van der Waals surface area contributed by atoms with Gasteiger partial charge in [-0.3, -0.25) is 14.2 Å². The number of fused-ring (bicyclic) bond motifs is 1. The van der Waals surface area contributed by atoms with Crippen LogP contribution < -0.4 is 10.2 Å². The minimum Gasteiger partial charge on any atom is -0.326 e. The van der Waals surface area contributed by atoms with E-state index in [4.69, 9.17) is 0 Å². The van der Waals surface area contributed by atoms with Crippen LogP contribution in [0.15, 0.2) is 52.2 Å². The molecule has 4 rings (SSSR count). The predicted octanol–water partition coefficient (Wildman–Crippen LogP) is 3.99. The maximum atomic E-state index is 13.2. The smallest absolute Gasteiger partial charge is 0.308 e. The number of carbonyl (C=O) groups is 1. The van der Waals surface area contributed by atoms with Crippen molar-refractivity contribution in [3.05, 3.63) is 57.7 Å². The molecule has 1 amide bonds. The molecule has 2 aromatic carbocycles. The van der Waals surface area contributed by atoms with E-state index in [1.807, 2.05) is 45.0 Å². The third-order valence-corrected chi connectivity index (χ3v) is 8.78. The van der Waals surface area contributed by atoms with Crippen molar-refractivity contribution in [2.24, 2.45) is 5.92 Å². The van der Waals surface area contributed by atoms with E-state index in [0.29, 0.717) is 17.5 Å². The van der Waals surface area contributed by atoms with E-state index in [-0.39, 0.29) is 40.7 Å². The van der Waals surface area contributed by atoms with Gasteiger partial charge in [0, 0.05) is 30.7 Å². The quantitative estimate of drug-likeness (QED) is 0.607. The van der Waals surface area contributed by atoms with Crippen molar-refractivity contribution in [2.75, 3.05) is 18.4 Å². The Bertz CT molecular complexity index is 1320. The fourth-order valence-electron chi connectivity index (χ4n) is 4.12. The molecule has 2 heterocycles. The zero-order valence-corrected chi connectivity index (χ0v) is 20.0. The standard InChI is InChI=1S/C23H27N3O4S2/c1-15(2)26-20-9-8-18(14-21(20)31-23(26)28)32(29,30)25-12-10-17(11-13-25)22(27)24-19-7-5-4-6-16(19)3/h4-9,14-15,17H,10-13H2,1-3H3,(H,24,27). The zero-order chi connectivity index (χ0) is 23.0. The van der Waals surface area contributed by atoms with E-state index in [9.17, 15) is 18.0 Å². The second kappa shape index (κ2) is 8.80. The highest BCUT2D eigenvalue weighted by atomic mass is 32.2. The van der Waals surface area contributed by atoms with Crippen LogP contribution in [-0.4, -0.2) is 36.3 Å². The number of carbonyl (C=O) groups excluding carboxylic acids is 1. The molecule has 0 saturated carbocycles. The van der Waals surface area contributed by atoms with Crippen molar-refractivity contribution in [3.8, 4) is 0 Å². The van der Waals surface area contributed by atoms with Gasteiger partial charge in [-0.2, -0.15) is 4.31 Å². The van der Waals surface area contributed by atoms with Gasteiger partial charge in [0.25, 0.3) is 0 Å². The van der Waals surface area contributed by atoms with Gasteiger partial charge >= 0.3 is 4.87 Å². The van der Waals surface area contributed by atoms with Gasteiger partial charge in [0.15, 0.2) is 0 Å². The van der Waals surface area contributed by atoms with Gasteiger partial charge in [-0.25, -0.2) is 8.42 Å². The van der Waals surface area contributed by atoms with Gasteiger partial charge in [0.1, 0.15) is 0 Å². The molecule has 1 aliphatic rings. The second-order valence-corrected chi connectivity index (χ2v) is 11.4. The number of aromatic nitrogens is 1. The number of benzene rings is 2. The van der Waals surface area contributed by atoms with Crippen LogP contribution in [0.1, 0.15) is 38.3 Å². The number of nitrogens with one attached hydrogen (secondary N) is 1. The molecule has 0 atom stereocenters. The Labute approximate surface area is 191 Å². The summed E-state index contributed by atoms with van der Waals surface area (Å²) in [5.74, 6) is -0.300. The highest BCUT2D eigenvalue weighted by molar-refractivity contribution is 7.89.